The number of rotatable bonds is 2. The highest BCUT2D eigenvalue weighted by molar-refractivity contribution is 7.17. The molecule has 2 heterocycles. The Labute approximate surface area is 106 Å². The maximum Gasteiger partial charge on any atom is 0.350 e. The summed E-state index contributed by atoms with van der Waals surface area (Å²) in [4.78, 5) is 18.9. The van der Waals surface area contributed by atoms with Crippen LogP contribution in [-0.2, 0) is 4.74 Å². The molecule has 17 heavy (non-hydrogen) atoms. The number of hydrogen-bond acceptors (Lipinski definition) is 5. The van der Waals surface area contributed by atoms with Gasteiger partial charge in [0.2, 0.25) is 0 Å². The van der Waals surface area contributed by atoms with Crippen LogP contribution in [0.15, 0.2) is 0 Å². The Hall–Kier alpha value is -1.10. The molecule has 1 aliphatic heterocycles. The number of thiazole rings is 1. The molecule has 1 saturated heterocycles. The minimum atomic E-state index is -0.286. The van der Waals surface area contributed by atoms with E-state index >= 15 is 0 Å². The lowest BCUT2D eigenvalue weighted by atomic mass is 10.1. The van der Waals surface area contributed by atoms with E-state index in [1.165, 1.54) is 24.9 Å². The summed E-state index contributed by atoms with van der Waals surface area (Å²) in [6.07, 6.45) is 1.19. The molecule has 0 aliphatic carbocycles. The predicted molar refractivity (Wildman–Crippen MR) is 68.8 cm³/mol. The Morgan fingerprint density at radius 3 is 2.76 bits per heavy atom. The van der Waals surface area contributed by atoms with Crippen LogP contribution >= 0.6 is 11.3 Å². The zero-order valence-corrected chi connectivity index (χ0v) is 11.5. The summed E-state index contributed by atoms with van der Waals surface area (Å²) < 4.78 is 4.75. The van der Waals surface area contributed by atoms with Gasteiger partial charge in [0, 0.05) is 12.6 Å². The number of ether oxygens (including phenoxy) is 1. The highest BCUT2D eigenvalue weighted by Crippen LogP contribution is 2.33. The van der Waals surface area contributed by atoms with E-state index in [1.807, 2.05) is 6.92 Å². The van der Waals surface area contributed by atoms with Crippen LogP contribution < -0.4 is 4.90 Å². The van der Waals surface area contributed by atoms with Gasteiger partial charge in [-0.1, -0.05) is 18.3 Å². The second-order valence-electron chi connectivity index (χ2n) is 4.74. The fourth-order valence-electron chi connectivity index (χ4n) is 2.35. The molecule has 1 aromatic rings. The number of esters is 1. The first-order valence-corrected chi connectivity index (χ1v) is 6.67. The van der Waals surface area contributed by atoms with Crippen molar-refractivity contribution in [2.24, 2.45) is 5.92 Å². The van der Waals surface area contributed by atoms with Gasteiger partial charge in [0.1, 0.15) is 4.88 Å². The van der Waals surface area contributed by atoms with E-state index in [-0.39, 0.29) is 5.97 Å². The van der Waals surface area contributed by atoms with Gasteiger partial charge in [-0.05, 0) is 26.2 Å². The lowest BCUT2D eigenvalue weighted by Gasteiger charge is -2.19. The van der Waals surface area contributed by atoms with Gasteiger partial charge in [0.25, 0.3) is 0 Å². The smallest absolute Gasteiger partial charge is 0.350 e. The number of carbonyl (C=O) groups excluding carboxylic acids is 1. The number of nitrogens with zero attached hydrogens (tertiary/aromatic N) is 2. The van der Waals surface area contributed by atoms with E-state index in [4.69, 9.17) is 4.74 Å². The molecule has 1 fully saturated rings. The van der Waals surface area contributed by atoms with Gasteiger partial charge in [0.15, 0.2) is 5.13 Å². The molecule has 0 N–H and O–H groups in total. The van der Waals surface area contributed by atoms with Gasteiger partial charge >= 0.3 is 5.97 Å². The topological polar surface area (TPSA) is 42.4 Å². The van der Waals surface area contributed by atoms with Crippen molar-refractivity contribution in [1.29, 1.82) is 0 Å². The Balaban J connectivity index is 2.26. The molecule has 4 nitrogen and oxygen atoms in total. The number of hydrogen-bond donors (Lipinski definition) is 0. The van der Waals surface area contributed by atoms with Crippen LogP contribution in [0.5, 0.6) is 0 Å². The van der Waals surface area contributed by atoms with Crippen LogP contribution in [0.1, 0.15) is 35.6 Å². The molecule has 2 unspecified atom stereocenters. The second kappa shape index (κ2) is 4.64. The van der Waals surface area contributed by atoms with Crippen LogP contribution in [0, 0.1) is 12.8 Å². The third-order valence-electron chi connectivity index (χ3n) is 3.19. The van der Waals surface area contributed by atoms with Crippen molar-refractivity contribution in [3.05, 3.63) is 10.6 Å². The number of anilines is 1. The van der Waals surface area contributed by atoms with E-state index in [0.29, 0.717) is 16.8 Å². The van der Waals surface area contributed by atoms with Crippen molar-refractivity contribution < 1.29 is 9.53 Å². The van der Waals surface area contributed by atoms with Gasteiger partial charge < -0.3 is 9.64 Å². The molecular weight excluding hydrogens is 236 g/mol. The first-order chi connectivity index (χ1) is 8.02. The molecule has 94 valence electrons. The molecule has 2 rings (SSSR count). The SMILES string of the molecule is COC(=O)c1sc(N2CC(C)CC2C)nc1C. The molecular formula is C12H18N2O2S. The molecule has 0 amide bonds. The fourth-order valence-corrected chi connectivity index (χ4v) is 3.45. The lowest BCUT2D eigenvalue weighted by molar-refractivity contribution is 0.0605. The summed E-state index contributed by atoms with van der Waals surface area (Å²) in [6.45, 7) is 7.33. The van der Waals surface area contributed by atoms with Gasteiger partial charge in [0.05, 0.1) is 12.8 Å². The van der Waals surface area contributed by atoms with Crippen LogP contribution in [0.4, 0.5) is 5.13 Å². The third kappa shape index (κ3) is 2.29. The quantitative estimate of drug-likeness (QED) is 0.760. The van der Waals surface area contributed by atoms with Gasteiger partial charge in [-0.25, -0.2) is 9.78 Å². The van der Waals surface area contributed by atoms with Crippen LogP contribution in [0.25, 0.3) is 0 Å². The molecule has 0 radical (unpaired) electrons. The molecule has 2 atom stereocenters. The van der Waals surface area contributed by atoms with E-state index < -0.39 is 0 Å². The Kier molecular flexibility index (Phi) is 3.38. The van der Waals surface area contributed by atoms with Crippen LogP contribution in [0.2, 0.25) is 0 Å². The monoisotopic (exact) mass is 254 g/mol. The Morgan fingerprint density at radius 2 is 2.24 bits per heavy atom. The van der Waals surface area contributed by atoms with Gasteiger partial charge in [-0.2, -0.15) is 0 Å². The highest BCUT2D eigenvalue weighted by Gasteiger charge is 2.29. The average molecular weight is 254 g/mol. The molecule has 0 aromatic carbocycles. The summed E-state index contributed by atoms with van der Waals surface area (Å²) in [5, 5.41) is 0.944. The Bertz CT molecular complexity index is 430. The van der Waals surface area contributed by atoms with E-state index in [0.717, 1.165) is 17.4 Å². The van der Waals surface area contributed by atoms with Crippen molar-refractivity contribution >= 4 is 22.4 Å². The summed E-state index contributed by atoms with van der Waals surface area (Å²) in [5.41, 5.74) is 0.767. The molecule has 0 saturated carbocycles. The van der Waals surface area contributed by atoms with Crippen molar-refractivity contribution in [1.82, 2.24) is 4.98 Å². The van der Waals surface area contributed by atoms with Gasteiger partial charge in [-0.3, -0.25) is 0 Å². The Morgan fingerprint density at radius 1 is 1.53 bits per heavy atom. The van der Waals surface area contributed by atoms with E-state index in [9.17, 15) is 4.79 Å². The first-order valence-electron chi connectivity index (χ1n) is 5.85. The zero-order valence-electron chi connectivity index (χ0n) is 10.7. The van der Waals surface area contributed by atoms with Crippen molar-refractivity contribution in [2.45, 2.75) is 33.2 Å². The molecule has 1 aromatic heterocycles. The van der Waals surface area contributed by atoms with Gasteiger partial charge in [-0.15, -0.1) is 0 Å². The molecule has 1 aliphatic rings. The maximum absolute atomic E-state index is 11.5. The van der Waals surface area contributed by atoms with E-state index in [2.05, 4.69) is 23.7 Å². The standard InChI is InChI=1S/C12H18N2O2S/c1-7-5-8(2)14(6-7)12-13-9(3)10(17-12)11(15)16-4/h7-8H,5-6H2,1-4H3. The van der Waals surface area contributed by atoms with Crippen LogP contribution in [-0.4, -0.2) is 30.6 Å². The number of carbonyl (C=O) groups is 1. The van der Waals surface area contributed by atoms with Crippen molar-refractivity contribution in [2.75, 3.05) is 18.6 Å². The summed E-state index contributed by atoms with van der Waals surface area (Å²) in [7, 11) is 1.40. The molecule has 5 heteroatoms. The zero-order chi connectivity index (χ0) is 12.6. The first kappa shape index (κ1) is 12.4. The van der Waals surface area contributed by atoms with Crippen molar-refractivity contribution in [3.63, 3.8) is 0 Å². The van der Waals surface area contributed by atoms with Crippen LogP contribution in [0.3, 0.4) is 0 Å². The number of aromatic nitrogens is 1. The minimum Gasteiger partial charge on any atom is -0.465 e. The summed E-state index contributed by atoms with van der Waals surface area (Å²) >= 11 is 1.44. The van der Waals surface area contributed by atoms with Crippen molar-refractivity contribution in [3.8, 4) is 0 Å². The number of methoxy groups -OCH3 is 1. The predicted octanol–water partition coefficient (Wildman–Crippen LogP) is 2.47. The fraction of sp³-hybridized carbons (Fsp3) is 0.667. The second-order valence-corrected chi connectivity index (χ2v) is 5.72. The third-order valence-corrected chi connectivity index (χ3v) is 4.36. The van der Waals surface area contributed by atoms with E-state index in [1.54, 1.807) is 0 Å². The number of aryl methyl sites for hydroxylation is 1. The average Bonchev–Trinajstić information content (AvgIpc) is 2.80. The highest BCUT2D eigenvalue weighted by atomic mass is 32.1. The maximum atomic E-state index is 11.5. The molecule has 0 bridgehead atoms. The largest absolute Gasteiger partial charge is 0.465 e. The normalized spacial score (nSPS) is 24.1. The lowest BCUT2D eigenvalue weighted by Crippen LogP contribution is -2.26. The minimum absolute atomic E-state index is 0.286. The molecule has 0 spiro atoms. The summed E-state index contributed by atoms with van der Waals surface area (Å²) in [5.74, 6) is 0.405. The summed E-state index contributed by atoms with van der Waals surface area (Å²) in [6, 6.07) is 0.501.